The van der Waals surface area contributed by atoms with E-state index < -0.39 is 0 Å². The SMILES string of the molecule is CN(CC(N)=O)Cc1ccc2c(c1)CCCO2. The maximum Gasteiger partial charge on any atom is 0.231 e. The summed E-state index contributed by atoms with van der Waals surface area (Å²) in [5.41, 5.74) is 7.61. The van der Waals surface area contributed by atoms with Gasteiger partial charge < -0.3 is 10.5 Å². The van der Waals surface area contributed by atoms with Crippen LogP contribution in [-0.2, 0) is 17.8 Å². The summed E-state index contributed by atoms with van der Waals surface area (Å²) < 4.78 is 5.56. The molecule has 0 spiro atoms. The van der Waals surface area contributed by atoms with Crippen molar-refractivity contribution in [3.05, 3.63) is 29.3 Å². The van der Waals surface area contributed by atoms with E-state index in [4.69, 9.17) is 10.5 Å². The largest absolute Gasteiger partial charge is 0.493 e. The molecule has 1 aliphatic heterocycles. The Hall–Kier alpha value is -1.55. The predicted molar refractivity (Wildman–Crippen MR) is 65.8 cm³/mol. The van der Waals surface area contributed by atoms with E-state index in [9.17, 15) is 4.79 Å². The van der Waals surface area contributed by atoms with E-state index >= 15 is 0 Å². The van der Waals surface area contributed by atoms with E-state index in [1.165, 1.54) is 11.1 Å². The van der Waals surface area contributed by atoms with Gasteiger partial charge in [0.2, 0.25) is 5.91 Å². The number of hydrogen-bond donors (Lipinski definition) is 1. The lowest BCUT2D eigenvalue weighted by molar-refractivity contribution is -0.118. The quantitative estimate of drug-likeness (QED) is 0.843. The van der Waals surface area contributed by atoms with Crippen molar-refractivity contribution in [3.8, 4) is 5.75 Å². The molecule has 0 radical (unpaired) electrons. The minimum Gasteiger partial charge on any atom is -0.493 e. The fraction of sp³-hybridized carbons (Fsp3) is 0.462. The summed E-state index contributed by atoms with van der Waals surface area (Å²) in [6, 6.07) is 6.22. The molecular formula is C13H18N2O2. The number of rotatable bonds is 4. The Morgan fingerprint density at radius 1 is 1.53 bits per heavy atom. The van der Waals surface area contributed by atoms with Crippen LogP contribution < -0.4 is 10.5 Å². The molecule has 0 aromatic heterocycles. The lowest BCUT2D eigenvalue weighted by Gasteiger charge is -2.19. The summed E-state index contributed by atoms with van der Waals surface area (Å²) in [5, 5.41) is 0. The summed E-state index contributed by atoms with van der Waals surface area (Å²) in [5.74, 6) is 0.700. The van der Waals surface area contributed by atoms with Crippen LogP contribution in [0, 0.1) is 0 Å². The topological polar surface area (TPSA) is 55.6 Å². The van der Waals surface area contributed by atoms with Crippen molar-refractivity contribution >= 4 is 5.91 Å². The van der Waals surface area contributed by atoms with Gasteiger partial charge in [0.25, 0.3) is 0 Å². The average molecular weight is 234 g/mol. The fourth-order valence-corrected chi connectivity index (χ4v) is 2.15. The minimum absolute atomic E-state index is 0.285. The van der Waals surface area contributed by atoms with Gasteiger partial charge in [0.15, 0.2) is 0 Å². The van der Waals surface area contributed by atoms with Gasteiger partial charge in [0, 0.05) is 6.54 Å². The number of nitrogens with two attached hydrogens (primary N) is 1. The molecule has 1 heterocycles. The molecule has 0 saturated heterocycles. The molecule has 4 heteroatoms. The van der Waals surface area contributed by atoms with Crippen LogP contribution in [0.25, 0.3) is 0 Å². The first-order chi connectivity index (χ1) is 8.15. The molecule has 0 saturated carbocycles. The van der Waals surface area contributed by atoms with Gasteiger partial charge in [-0.1, -0.05) is 12.1 Å². The van der Waals surface area contributed by atoms with Crippen LogP contribution in [0.5, 0.6) is 5.75 Å². The Morgan fingerprint density at radius 3 is 3.12 bits per heavy atom. The van der Waals surface area contributed by atoms with Gasteiger partial charge >= 0.3 is 0 Å². The van der Waals surface area contributed by atoms with E-state index in [2.05, 4.69) is 6.07 Å². The second-order valence-electron chi connectivity index (χ2n) is 4.53. The zero-order valence-corrected chi connectivity index (χ0v) is 10.1. The first-order valence-corrected chi connectivity index (χ1v) is 5.86. The van der Waals surface area contributed by atoms with Crippen LogP contribution in [-0.4, -0.2) is 31.0 Å². The van der Waals surface area contributed by atoms with Crippen molar-refractivity contribution in [1.29, 1.82) is 0 Å². The molecule has 0 unspecified atom stereocenters. The number of hydrogen-bond acceptors (Lipinski definition) is 3. The van der Waals surface area contributed by atoms with E-state index in [1.807, 2.05) is 24.1 Å². The number of aryl methyl sites for hydroxylation is 1. The number of amides is 1. The van der Waals surface area contributed by atoms with Gasteiger partial charge in [0.05, 0.1) is 13.2 Å². The summed E-state index contributed by atoms with van der Waals surface area (Å²) in [6.45, 7) is 1.83. The average Bonchev–Trinajstić information content (AvgIpc) is 2.27. The Morgan fingerprint density at radius 2 is 2.35 bits per heavy atom. The van der Waals surface area contributed by atoms with Crippen molar-refractivity contribution in [2.45, 2.75) is 19.4 Å². The molecule has 0 aliphatic carbocycles. The highest BCUT2D eigenvalue weighted by molar-refractivity contribution is 5.75. The molecule has 17 heavy (non-hydrogen) atoms. The van der Waals surface area contributed by atoms with Gasteiger partial charge in [-0.05, 0) is 37.1 Å². The van der Waals surface area contributed by atoms with E-state index in [-0.39, 0.29) is 12.5 Å². The molecule has 1 aliphatic rings. The van der Waals surface area contributed by atoms with Gasteiger partial charge in [-0.25, -0.2) is 0 Å². The highest BCUT2D eigenvalue weighted by atomic mass is 16.5. The maximum absolute atomic E-state index is 10.8. The number of nitrogens with zero attached hydrogens (tertiary/aromatic N) is 1. The fourth-order valence-electron chi connectivity index (χ4n) is 2.15. The molecule has 1 amide bonds. The van der Waals surface area contributed by atoms with Crippen molar-refractivity contribution in [1.82, 2.24) is 4.90 Å². The number of fused-ring (bicyclic) bond motifs is 1. The molecule has 1 aromatic carbocycles. The molecule has 0 bridgehead atoms. The maximum atomic E-state index is 10.8. The third-order valence-corrected chi connectivity index (χ3v) is 2.85. The molecule has 4 nitrogen and oxygen atoms in total. The number of ether oxygens (including phenoxy) is 1. The lowest BCUT2D eigenvalue weighted by Crippen LogP contribution is -2.30. The van der Waals surface area contributed by atoms with Crippen LogP contribution in [0.1, 0.15) is 17.5 Å². The van der Waals surface area contributed by atoms with Crippen molar-refractivity contribution < 1.29 is 9.53 Å². The highest BCUT2D eigenvalue weighted by Crippen LogP contribution is 2.25. The highest BCUT2D eigenvalue weighted by Gasteiger charge is 2.11. The summed E-state index contributed by atoms with van der Waals surface area (Å²) >= 11 is 0. The van der Waals surface area contributed by atoms with Gasteiger partial charge in [-0.2, -0.15) is 0 Å². The number of primary amides is 1. The summed E-state index contributed by atoms with van der Waals surface area (Å²) in [4.78, 5) is 12.7. The number of benzene rings is 1. The van der Waals surface area contributed by atoms with Crippen LogP contribution in [0.4, 0.5) is 0 Å². The Labute approximate surface area is 101 Å². The van der Waals surface area contributed by atoms with Gasteiger partial charge in [0.1, 0.15) is 5.75 Å². The van der Waals surface area contributed by atoms with Crippen LogP contribution in [0.15, 0.2) is 18.2 Å². The first kappa shape index (κ1) is 11.9. The molecular weight excluding hydrogens is 216 g/mol. The van der Waals surface area contributed by atoms with E-state index in [0.717, 1.165) is 31.7 Å². The predicted octanol–water partition coefficient (Wildman–Crippen LogP) is 0.929. The number of carbonyl (C=O) groups excluding carboxylic acids is 1. The van der Waals surface area contributed by atoms with Crippen LogP contribution in [0.2, 0.25) is 0 Å². The van der Waals surface area contributed by atoms with E-state index in [1.54, 1.807) is 0 Å². The van der Waals surface area contributed by atoms with Crippen molar-refractivity contribution in [2.24, 2.45) is 5.73 Å². The Kier molecular flexibility index (Phi) is 3.64. The second kappa shape index (κ2) is 5.19. The zero-order chi connectivity index (χ0) is 12.3. The lowest BCUT2D eigenvalue weighted by atomic mass is 10.0. The van der Waals surface area contributed by atoms with Crippen LogP contribution >= 0.6 is 0 Å². The molecule has 2 N–H and O–H groups in total. The third kappa shape index (κ3) is 3.20. The molecule has 0 atom stereocenters. The van der Waals surface area contributed by atoms with Crippen LogP contribution in [0.3, 0.4) is 0 Å². The molecule has 1 aromatic rings. The first-order valence-electron chi connectivity index (χ1n) is 5.86. The Bertz CT molecular complexity index is 418. The van der Waals surface area contributed by atoms with Crippen molar-refractivity contribution in [3.63, 3.8) is 0 Å². The number of likely N-dealkylation sites (N-methyl/N-ethyl adjacent to an activating group) is 1. The normalized spacial score (nSPS) is 14.2. The standard InChI is InChI=1S/C13H18N2O2/c1-15(9-13(14)16)8-10-4-5-12-11(7-10)3-2-6-17-12/h4-5,7H,2-3,6,8-9H2,1H3,(H2,14,16). The molecule has 2 rings (SSSR count). The summed E-state index contributed by atoms with van der Waals surface area (Å²) in [7, 11) is 1.89. The molecule has 92 valence electrons. The number of carbonyl (C=O) groups is 1. The third-order valence-electron chi connectivity index (χ3n) is 2.85. The Balaban J connectivity index is 2.04. The van der Waals surface area contributed by atoms with Gasteiger partial charge in [-0.15, -0.1) is 0 Å². The minimum atomic E-state index is -0.297. The molecule has 0 fully saturated rings. The van der Waals surface area contributed by atoms with Crippen molar-refractivity contribution in [2.75, 3.05) is 20.2 Å². The zero-order valence-electron chi connectivity index (χ0n) is 10.1. The van der Waals surface area contributed by atoms with E-state index in [0.29, 0.717) is 0 Å². The summed E-state index contributed by atoms with van der Waals surface area (Å²) in [6.07, 6.45) is 2.15. The second-order valence-corrected chi connectivity index (χ2v) is 4.53. The monoisotopic (exact) mass is 234 g/mol. The smallest absolute Gasteiger partial charge is 0.231 e. The van der Waals surface area contributed by atoms with Gasteiger partial charge in [-0.3, -0.25) is 9.69 Å².